The van der Waals surface area contributed by atoms with E-state index >= 15 is 0 Å². The molecular weight excluding hydrogens is 408 g/mol. The average molecular weight is 441 g/mol. The zero-order valence-corrected chi connectivity index (χ0v) is 20.0. The molecule has 1 aromatic carbocycles. The average Bonchev–Trinajstić information content (AvgIpc) is 3.38. The molecule has 1 aliphatic heterocycles. The molecule has 3 aromatic rings. The lowest BCUT2D eigenvalue weighted by molar-refractivity contribution is 0.175. The first-order valence-corrected chi connectivity index (χ1v) is 10.9. The molecule has 0 aliphatic carbocycles. The molecule has 0 saturated heterocycles. The van der Waals surface area contributed by atoms with E-state index < -0.39 is 0 Å². The van der Waals surface area contributed by atoms with Gasteiger partial charge in [0.15, 0.2) is 5.65 Å². The molecule has 0 spiro atoms. The molecule has 0 bridgehead atoms. The molecule has 172 valence electrons. The van der Waals surface area contributed by atoms with Crippen LogP contribution in [0.3, 0.4) is 0 Å². The number of hydrogen-bond donors (Lipinski definition) is 0. The Balaban J connectivity index is 2.00. The van der Waals surface area contributed by atoms with Gasteiger partial charge in [-0.25, -0.2) is 4.98 Å². The molecule has 0 amide bonds. The van der Waals surface area contributed by atoms with Gasteiger partial charge in [-0.05, 0) is 26.7 Å². The second-order valence-electron chi connectivity index (χ2n) is 8.06. The highest BCUT2D eigenvalue weighted by molar-refractivity contribution is 5.89. The monoisotopic (exact) mass is 440 g/mol. The first-order chi connectivity index (χ1) is 15.5. The third-order valence-electron chi connectivity index (χ3n) is 6.33. The van der Waals surface area contributed by atoms with Crippen molar-refractivity contribution in [3.8, 4) is 28.4 Å². The Bertz CT molecular complexity index is 1120. The molecule has 1 atom stereocenters. The van der Waals surface area contributed by atoms with Crippen molar-refractivity contribution in [1.29, 1.82) is 0 Å². The van der Waals surface area contributed by atoms with Crippen LogP contribution in [0.5, 0.6) is 17.2 Å². The number of nitrogens with zero attached hydrogens (tertiary/aromatic N) is 4. The Labute approximate surface area is 189 Å². The van der Waals surface area contributed by atoms with Gasteiger partial charge in [0.1, 0.15) is 23.1 Å². The van der Waals surface area contributed by atoms with Gasteiger partial charge in [-0.15, -0.1) is 0 Å². The predicted octanol–water partition coefficient (Wildman–Crippen LogP) is 3.83. The summed E-state index contributed by atoms with van der Waals surface area (Å²) in [4.78, 5) is 7.42. The van der Waals surface area contributed by atoms with Crippen molar-refractivity contribution in [2.45, 2.75) is 39.7 Å². The van der Waals surface area contributed by atoms with Crippen molar-refractivity contribution in [3.63, 3.8) is 0 Å². The molecule has 0 radical (unpaired) electrons. The topological polar surface area (TPSA) is 70.4 Å². The van der Waals surface area contributed by atoms with Crippen LogP contribution in [0.15, 0.2) is 12.1 Å². The maximum Gasteiger partial charge on any atom is 0.166 e. The maximum atomic E-state index is 5.74. The molecule has 8 heteroatoms. The summed E-state index contributed by atoms with van der Waals surface area (Å²) in [5, 5.41) is 4.95. The van der Waals surface area contributed by atoms with Crippen LogP contribution >= 0.6 is 0 Å². The van der Waals surface area contributed by atoms with Gasteiger partial charge in [0.25, 0.3) is 0 Å². The lowest BCUT2D eigenvalue weighted by Gasteiger charge is -2.29. The molecule has 4 rings (SSSR count). The predicted molar refractivity (Wildman–Crippen MR) is 125 cm³/mol. The molecule has 1 aliphatic rings. The van der Waals surface area contributed by atoms with E-state index in [2.05, 4.69) is 18.7 Å². The Kier molecular flexibility index (Phi) is 6.15. The lowest BCUT2D eigenvalue weighted by atomic mass is 10.0. The third kappa shape index (κ3) is 3.43. The van der Waals surface area contributed by atoms with Crippen LogP contribution in [0.4, 0.5) is 5.82 Å². The zero-order valence-electron chi connectivity index (χ0n) is 20.0. The number of ether oxygens (including phenoxy) is 4. The van der Waals surface area contributed by atoms with Crippen molar-refractivity contribution in [3.05, 3.63) is 29.1 Å². The summed E-state index contributed by atoms with van der Waals surface area (Å²) in [6.45, 7) is 7.88. The van der Waals surface area contributed by atoms with Crippen LogP contribution in [0.1, 0.15) is 30.3 Å². The Morgan fingerprint density at radius 3 is 2.22 bits per heavy atom. The molecule has 1 unspecified atom stereocenters. The van der Waals surface area contributed by atoms with E-state index in [1.165, 1.54) is 5.56 Å². The quantitative estimate of drug-likeness (QED) is 0.527. The van der Waals surface area contributed by atoms with Crippen molar-refractivity contribution in [2.24, 2.45) is 0 Å². The first-order valence-electron chi connectivity index (χ1n) is 10.9. The maximum absolute atomic E-state index is 5.74. The number of aryl methyl sites for hydroxylation is 2. The fraction of sp³-hybridized carbons (Fsp3) is 0.500. The molecule has 2 aromatic heterocycles. The standard InChI is InChI=1S/C24H32N4O4/c1-8-16(13-29-4)27-10-9-18-14(2)25-23-21(15(3)26-28(23)24(18)27)22-19(31-6)11-17(30-5)12-20(22)32-7/h11-12,16H,8-10,13H2,1-7H3. The Morgan fingerprint density at radius 2 is 1.66 bits per heavy atom. The van der Waals surface area contributed by atoms with Gasteiger partial charge >= 0.3 is 0 Å². The highest BCUT2D eigenvalue weighted by Gasteiger charge is 2.32. The molecule has 32 heavy (non-hydrogen) atoms. The summed E-state index contributed by atoms with van der Waals surface area (Å²) >= 11 is 0. The number of fused-ring (bicyclic) bond motifs is 3. The van der Waals surface area contributed by atoms with Gasteiger partial charge in [-0.2, -0.15) is 9.61 Å². The van der Waals surface area contributed by atoms with E-state index in [0.717, 1.165) is 53.4 Å². The van der Waals surface area contributed by atoms with E-state index in [1.54, 1.807) is 28.4 Å². The van der Waals surface area contributed by atoms with Crippen LogP contribution in [0.25, 0.3) is 16.8 Å². The summed E-state index contributed by atoms with van der Waals surface area (Å²) in [6.07, 6.45) is 1.94. The van der Waals surface area contributed by atoms with Crippen molar-refractivity contribution < 1.29 is 18.9 Å². The van der Waals surface area contributed by atoms with Crippen LogP contribution in [0.2, 0.25) is 0 Å². The third-order valence-corrected chi connectivity index (χ3v) is 6.33. The Morgan fingerprint density at radius 1 is 0.969 bits per heavy atom. The molecule has 8 nitrogen and oxygen atoms in total. The number of anilines is 1. The number of aromatic nitrogens is 3. The van der Waals surface area contributed by atoms with Gasteiger partial charge in [-0.3, -0.25) is 0 Å². The first kappa shape index (κ1) is 22.2. The second-order valence-corrected chi connectivity index (χ2v) is 8.06. The minimum absolute atomic E-state index is 0.282. The van der Waals surface area contributed by atoms with Crippen LogP contribution < -0.4 is 19.1 Å². The molecule has 0 fully saturated rings. The molecular formula is C24H32N4O4. The van der Waals surface area contributed by atoms with Gasteiger partial charge in [-0.1, -0.05) is 6.92 Å². The SMILES string of the molecule is CCC(COC)N1CCc2c(C)nc3c(-c4c(OC)cc(OC)cc4OC)c(C)nn3c21. The summed E-state index contributed by atoms with van der Waals surface area (Å²) in [7, 11) is 6.67. The van der Waals surface area contributed by atoms with Gasteiger partial charge < -0.3 is 23.8 Å². The number of rotatable bonds is 8. The highest BCUT2D eigenvalue weighted by atomic mass is 16.5. The van der Waals surface area contributed by atoms with E-state index in [4.69, 9.17) is 29.0 Å². The largest absolute Gasteiger partial charge is 0.496 e. The second kappa shape index (κ2) is 8.86. The summed E-state index contributed by atoms with van der Waals surface area (Å²) in [6, 6.07) is 4.00. The zero-order chi connectivity index (χ0) is 23.0. The van der Waals surface area contributed by atoms with Gasteiger partial charge in [0.05, 0.1) is 50.8 Å². The summed E-state index contributed by atoms with van der Waals surface area (Å²) in [5.74, 6) is 3.08. The van der Waals surface area contributed by atoms with E-state index in [-0.39, 0.29) is 6.04 Å². The normalized spacial score (nSPS) is 14.0. The summed E-state index contributed by atoms with van der Waals surface area (Å²) in [5.41, 5.74) is 5.64. The molecule has 0 saturated carbocycles. The van der Waals surface area contributed by atoms with Crippen LogP contribution in [-0.4, -0.2) is 62.2 Å². The van der Waals surface area contributed by atoms with Gasteiger partial charge in [0, 0.05) is 37.0 Å². The van der Waals surface area contributed by atoms with Crippen molar-refractivity contribution >= 4 is 11.5 Å². The summed E-state index contributed by atoms with van der Waals surface area (Å²) < 4.78 is 24.4. The molecule has 0 N–H and O–H groups in total. The molecule has 3 heterocycles. The van der Waals surface area contributed by atoms with E-state index in [0.29, 0.717) is 23.9 Å². The van der Waals surface area contributed by atoms with Crippen LogP contribution in [0, 0.1) is 13.8 Å². The Hall–Kier alpha value is -3.00. The minimum atomic E-state index is 0.282. The van der Waals surface area contributed by atoms with E-state index in [9.17, 15) is 0 Å². The van der Waals surface area contributed by atoms with Crippen LogP contribution in [-0.2, 0) is 11.2 Å². The van der Waals surface area contributed by atoms with Gasteiger partial charge in [0.2, 0.25) is 0 Å². The number of methoxy groups -OCH3 is 4. The minimum Gasteiger partial charge on any atom is -0.496 e. The number of benzene rings is 1. The smallest absolute Gasteiger partial charge is 0.166 e. The fourth-order valence-electron chi connectivity index (χ4n) is 4.73. The van der Waals surface area contributed by atoms with Crippen molar-refractivity contribution in [2.75, 3.05) is 46.5 Å². The van der Waals surface area contributed by atoms with Crippen molar-refractivity contribution in [1.82, 2.24) is 14.6 Å². The van der Waals surface area contributed by atoms with E-state index in [1.807, 2.05) is 23.6 Å². The fourth-order valence-corrected chi connectivity index (χ4v) is 4.73. The lowest BCUT2D eigenvalue weighted by Crippen LogP contribution is -2.37. The number of hydrogen-bond acceptors (Lipinski definition) is 7. The highest BCUT2D eigenvalue weighted by Crippen LogP contribution is 2.45.